The molecular formula is C18H15N7O3. The molecule has 10 nitrogen and oxygen atoms in total. The van der Waals surface area contributed by atoms with E-state index in [4.69, 9.17) is 0 Å². The maximum atomic E-state index is 13.1. The van der Waals surface area contributed by atoms with Crippen molar-refractivity contribution < 1.29 is 9.72 Å². The van der Waals surface area contributed by atoms with Crippen molar-refractivity contribution in [2.75, 3.05) is 10.6 Å². The number of hydrogen-bond acceptors (Lipinski definition) is 7. The third kappa shape index (κ3) is 3.07. The highest BCUT2D eigenvalue weighted by molar-refractivity contribution is 6.06. The van der Waals surface area contributed by atoms with E-state index in [0.29, 0.717) is 28.5 Å². The number of nitro groups is 1. The van der Waals surface area contributed by atoms with Gasteiger partial charge < -0.3 is 10.6 Å². The smallest absolute Gasteiger partial charge is 0.269 e. The summed E-state index contributed by atoms with van der Waals surface area (Å²) >= 11 is 0. The average molecular weight is 377 g/mol. The van der Waals surface area contributed by atoms with E-state index in [-0.39, 0.29) is 11.6 Å². The van der Waals surface area contributed by atoms with Crippen molar-refractivity contribution in [1.29, 1.82) is 0 Å². The molecule has 0 unspecified atom stereocenters. The minimum atomic E-state index is -0.629. The van der Waals surface area contributed by atoms with Crippen LogP contribution < -0.4 is 10.6 Å². The van der Waals surface area contributed by atoms with E-state index in [1.807, 2.05) is 18.2 Å². The zero-order chi connectivity index (χ0) is 19.7. The van der Waals surface area contributed by atoms with Gasteiger partial charge in [-0.15, -0.1) is 0 Å². The standard InChI is InChI=1S/C18H15N7O3/c1-11-15(17(26)20-13-5-3-2-4-6-13)16(24-18(19-11)21-22-23-24)12-7-9-14(10-8-12)25(27)28/h2-10,16H,1H3,(H,20,26)(H,19,21,23)/t16-/m0/s1. The van der Waals surface area contributed by atoms with Crippen LogP contribution in [-0.2, 0) is 4.79 Å². The van der Waals surface area contributed by atoms with Crippen LogP contribution in [0.3, 0.4) is 0 Å². The molecule has 2 N–H and O–H groups in total. The van der Waals surface area contributed by atoms with E-state index >= 15 is 0 Å². The first-order valence-electron chi connectivity index (χ1n) is 8.41. The molecule has 0 spiro atoms. The Morgan fingerprint density at radius 2 is 1.89 bits per heavy atom. The second kappa shape index (κ2) is 6.91. The molecule has 1 amide bonds. The number of nitrogens with one attached hydrogen (secondary N) is 2. The minimum Gasteiger partial charge on any atom is -0.326 e. The minimum absolute atomic E-state index is 0.0365. The number of carbonyl (C=O) groups excluding carboxylic acids is 1. The number of rotatable bonds is 4. The number of allylic oxidation sites excluding steroid dienone is 1. The van der Waals surface area contributed by atoms with Gasteiger partial charge in [-0.3, -0.25) is 14.9 Å². The Balaban J connectivity index is 1.76. The second-order valence-electron chi connectivity index (χ2n) is 6.18. The van der Waals surface area contributed by atoms with Gasteiger partial charge in [-0.05, 0) is 47.2 Å². The van der Waals surface area contributed by atoms with Crippen molar-refractivity contribution in [2.24, 2.45) is 0 Å². The van der Waals surface area contributed by atoms with Gasteiger partial charge in [0.05, 0.1) is 10.5 Å². The fraction of sp³-hybridized carbons (Fsp3) is 0.111. The molecule has 28 heavy (non-hydrogen) atoms. The largest absolute Gasteiger partial charge is 0.326 e. The van der Waals surface area contributed by atoms with Crippen LogP contribution in [-0.4, -0.2) is 31.0 Å². The number of anilines is 2. The first-order chi connectivity index (χ1) is 13.5. The molecule has 0 aliphatic carbocycles. The summed E-state index contributed by atoms with van der Waals surface area (Å²) in [4.78, 5) is 23.6. The molecular weight excluding hydrogens is 362 g/mol. The van der Waals surface area contributed by atoms with E-state index in [0.717, 1.165) is 0 Å². The molecule has 0 saturated heterocycles. The Morgan fingerprint density at radius 3 is 2.57 bits per heavy atom. The maximum absolute atomic E-state index is 13.1. The molecule has 2 aromatic carbocycles. The third-order valence-electron chi connectivity index (χ3n) is 4.41. The number of para-hydroxylation sites is 1. The number of non-ortho nitro benzene ring substituents is 1. The van der Waals surface area contributed by atoms with Gasteiger partial charge in [-0.1, -0.05) is 23.3 Å². The lowest BCUT2D eigenvalue weighted by atomic mass is 9.95. The molecule has 140 valence electrons. The average Bonchev–Trinajstić information content (AvgIpc) is 3.15. The highest BCUT2D eigenvalue weighted by Crippen LogP contribution is 2.35. The zero-order valence-corrected chi connectivity index (χ0v) is 14.7. The fourth-order valence-corrected chi connectivity index (χ4v) is 3.11. The second-order valence-corrected chi connectivity index (χ2v) is 6.18. The predicted octanol–water partition coefficient (Wildman–Crippen LogP) is 2.51. The molecule has 1 atom stereocenters. The van der Waals surface area contributed by atoms with Gasteiger partial charge in [-0.25, -0.2) is 0 Å². The van der Waals surface area contributed by atoms with Crippen LogP contribution in [0.15, 0.2) is 65.9 Å². The maximum Gasteiger partial charge on any atom is 0.269 e. The van der Waals surface area contributed by atoms with Crippen LogP contribution in [0.5, 0.6) is 0 Å². The SMILES string of the molecule is CC1=C(C(=O)Nc2ccccc2)[C@H](c2ccc([N+](=O)[O-])cc2)n2nnnc2N1. The highest BCUT2D eigenvalue weighted by Gasteiger charge is 2.34. The van der Waals surface area contributed by atoms with Gasteiger partial charge >= 0.3 is 0 Å². The number of amides is 1. The Kier molecular flexibility index (Phi) is 4.28. The van der Waals surface area contributed by atoms with Crippen molar-refractivity contribution in [1.82, 2.24) is 20.2 Å². The number of carbonyl (C=O) groups is 1. The Labute approximate surface area is 159 Å². The van der Waals surface area contributed by atoms with Gasteiger partial charge in [0.15, 0.2) is 0 Å². The van der Waals surface area contributed by atoms with Crippen LogP contribution in [0.25, 0.3) is 0 Å². The number of nitro benzene ring substituents is 1. The van der Waals surface area contributed by atoms with Crippen LogP contribution in [0.2, 0.25) is 0 Å². The molecule has 4 rings (SSSR count). The van der Waals surface area contributed by atoms with Crippen LogP contribution >= 0.6 is 0 Å². The molecule has 0 saturated carbocycles. The lowest BCUT2D eigenvalue weighted by Gasteiger charge is -2.27. The molecule has 1 aromatic heterocycles. The van der Waals surface area contributed by atoms with Gasteiger partial charge in [0, 0.05) is 23.5 Å². The van der Waals surface area contributed by atoms with Gasteiger partial charge in [-0.2, -0.15) is 4.68 Å². The van der Waals surface area contributed by atoms with Crippen LogP contribution in [0, 0.1) is 10.1 Å². The Morgan fingerprint density at radius 1 is 1.18 bits per heavy atom. The summed E-state index contributed by atoms with van der Waals surface area (Å²) in [6.07, 6.45) is 0. The number of aromatic nitrogens is 4. The zero-order valence-electron chi connectivity index (χ0n) is 14.7. The summed E-state index contributed by atoms with van der Waals surface area (Å²) in [6, 6.07) is 14.4. The van der Waals surface area contributed by atoms with Gasteiger partial charge in [0.2, 0.25) is 5.95 Å². The lowest BCUT2D eigenvalue weighted by molar-refractivity contribution is -0.384. The monoisotopic (exact) mass is 377 g/mol. The molecule has 10 heteroatoms. The lowest BCUT2D eigenvalue weighted by Crippen LogP contribution is -2.31. The molecule has 2 heterocycles. The summed E-state index contributed by atoms with van der Waals surface area (Å²) in [5.41, 5.74) is 2.28. The summed E-state index contributed by atoms with van der Waals surface area (Å²) in [5.74, 6) is 0.0674. The number of benzene rings is 2. The van der Waals surface area contributed by atoms with Crippen molar-refractivity contribution in [2.45, 2.75) is 13.0 Å². The molecule has 1 aliphatic rings. The Bertz CT molecular complexity index is 1070. The van der Waals surface area contributed by atoms with Crippen LogP contribution in [0.4, 0.5) is 17.3 Å². The summed E-state index contributed by atoms with van der Waals surface area (Å²) < 4.78 is 1.48. The number of tetrazole rings is 1. The van der Waals surface area contributed by atoms with E-state index < -0.39 is 11.0 Å². The third-order valence-corrected chi connectivity index (χ3v) is 4.41. The quantitative estimate of drug-likeness (QED) is 0.528. The topological polar surface area (TPSA) is 128 Å². The molecule has 1 aliphatic heterocycles. The molecule has 0 bridgehead atoms. The first kappa shape index (κ1) is 17.3. The number of fused-ring (bicyclic) bond motifs is 1. The highest BCUT2D eigenvalue weighted by atomic mass is 16.6. The van der Waals surface area contributed by atoms with Crippen molar-refractivity contribution in [3.63, 3.8) is 0 Å². The predicted molar refractivity (Wildman–Crippen MR) is 100 cm³/mol. The summed E-state index contributed by atoms with van der Waals surface area (Å²) in [7, 11) is 0. The fourth-order valence-electron chi connectivity index (χ4n) is 3.11. The normalized spacial score (nSPS) is 15.5. The van der Waals surface area contributed by atoms with E-state index in [1.165, 1.54) is 16.8 Å². The van der Waals surface area contributed by atoms with Gasteiger partial charge in [0.25, 0.3) is 11.6 Å². The van der Waals surface area contributed by atoms with Crippen molar-refractivity contribution in [3.05, 3.63) is 81.5 Å². The first-order valence-corrected chi connectivity index (χ1v) is 8.41. The van der Waals surface area contributed by atoms with Crippen LogP contribution in [0.1, 0.15) is 18.5 Å². The van der Waals surface area contributed by atoms with E-state index in [1.54, 1.807) is 31.2 Å². The van der Waals surface area contributed by atoms with Crippen molar-refractivity contribution >= 4 is 23.2 Å². The molecule has 3 aromatic rings. The van der Waals surface area contributed by atoms with E-state index in [2.05, 4.69) is 26.2 Å². The Hall–Kier alpha value is -4.08. The van der Waals surface area contributed by atoms with Crippen molar-refractivity contribution in [3.8, 4) is 0 Å². The van der Waals surface area contributed by atoms with Gasteiger partial charge in [0.1, 0.15) is 6.04 Å². The molecule has 0 radical (unpaired) electrons. The van der Waals surface area contributed by atoms with E-state index in [9.17, 15) is 14.9 Å². The number of hydrogen-bond donors (Lipinski definition) is 2. The summed E-state index contributed by atoms with van der Waals surface area (Å²) in [6.45, 7) is 1.76. The summed E-state index contributed by atoms with van der Waals surface area (Å²) in [5, 5.41) is 28.4. The molecule has 0 fully saturated rings. The number of nitrogens with zero attached hydrogens (tertiary/aromatic N) is 5.